The Kier molecular flexibility index (Phi) is 2.99. The molecule has 0 spiro atoms. The predicted octanol–water partition coefficient (Wildman–Crippen LogP) is 2.98. The van der Waals surface area contributed by atoms with Crippen molar-refractivity contribution in [2.75, 3.05) is 12.4 Å². The van der Waals surface area contributed by atoms with Gasteiger partial charge in [0, 0.05) is 23.4 Å². The second-order valence-corrected chi connectivity index (χ2v) is 6.73. The van der Waals surface area contributed by atoms with Crippen molar-refractivity contribution in [1.82, 2.24) is 9.88 Å². The highest BCUT2D eigenvalue weighted by Gasteiger charge is 2.37. The van der Waals surface area contributed by atoms with Crippen LogP contribution in [0.5, 0.6) is 0 Å². The van der Waals surface area contributed by atoms with Crippen LogP contribution in [0.15, 0.2) is 18.2 Å². The Bertz CT molecular complexity index is 819. The maximum atomic E-state index is 12.4. The van der Waals surface area contributed by atoms with Gasteiger partial charge >= 0.3 is 0 Å². The molecule has 2 aromatic rings. The summed E-state index contributed by atoms with van der Waals surface area (Å²) in [5.41, 5.74) is 1.46. The van der Waals surface area contributed by atoms with Crippen molar-refractivity contribution in [2.45, 2.75) is 33.2 Å². The van der Waals surface area contributed by atoms with Crippen molar-refractivity contribution in [3.63, 3.8) is 0 Å². The van der Waals surface area contributed by atoms with Crippen LogP contribution < -0.4 is 5.32 Å². The molecule has 1 aromatic carbocycles. The zero-order valence-corrected chi connectivity index (χ0v) is 13.4. The first-order valence-electron chi connectivity index (χ1n) is 7.24. The summed E-state index contributed by atoms with van der Waals surface area (Å²) in [4.78, 5) is 30.3. The topological polar surface area (TPSA) is 62.3 Å². The lowest BCUT2D eigenvalue weighted by Gasteiger charge is -2.23. The van der Waals surface area contributed by atoms with Gasteiger partial charge in [-0.05, 0) is 33.3 Å². The molecule has 0 saturated carbocycles. The summed E-state index contributed by atoms with van der Waals surface area (Å²) in [6, 6.07) is 5.76. The van der Waals surface area contributed by atoms with Crippen molar-refractivity contribution in [3.8, 4) is 0 Å². The molecule has 114 valence electrons. The summed E-state index contributed by atoms with van der Waals surface area (Å²) >= 11 is 0. The number of fused-ring (bicyclic) bond motifs is 3. The number of aromatic nitrogens is 1. The lowest BCUT2D eigenvalue weighted by atomic mass is 9.99. The van der Waals surface area contributed by atoms with Crippen molar-refractivity contribution >= 4 is 28.4 Å². The largest absolute Gasteiger partial charge is 0.365 e. The predicted molar refractivity (Wildman–Crippen MR) is 86.3 cm³/mol. The van der Waals surface area contributed by atoms with E-state index >= 15 is 0 Å². The van der Waals surface area contributed by atoms with Crippen LogP contribution in [-0.2, 0) is 0 Å². The molecule has 3 rings (SSSR count). The van der Waals surface area contributed by atoms with Crippen molar-refractivity contribution < 1.29 is 9.59 Å². The number of anilines is 1. The van der Waals surface area contributed by atoms with Crippen LogP contribution in [0.4, 0.5) is 5.82 Å². The standard InChI is InChI=1S/C17H19N3O2/c1-9-7-6-8-10-11(9)14(19-17(2,3)4)18-13-12(10)15(21)20(5)16(13)22/h6-8H,1-5H3,(H,18,19). The van der Waals surface area contributed by atoms with E-state index in [0.29, 0.717) is 11.4 Å². The van der Waals surface area contributed by atoms with Crippen LogP contribution in [0.25, 0.3) is 10.8 Å². The van der Waals surface area contributed by atoms with Crippen LogP contribution in [0.2, 0.25) is 0 Å². The van der Waals surface area contributed by atoms with E-state index in [1.807, 2.05) is 45.9 Å². The third kappa shape index (κ3) is 2.04. The Balaban J connectivity index is 2.40. The highest BCUT2D eigenvalue weighted by molar-refractivity contribution is 6.26. The second-order valence-electron chi connectivity index (χ2n) is 6.73. The maximum Gasteiger partial charge on any atom is 0.280 e. The van der Waals surface area contributed by atoms with Gasteiger partial charge in [0.2, 0.25) is 0 Å². The van der Waals surface area contributed by atoms with Crippen molar-refractivity contribution in [1.29, 1.82) is 0 Å². The molecule has 2 amide bonds. The highest BCUT2D eigenvalue weighted by Crippen LogP contribution is 2.35. The van der Waals surface area contributed by atoms with Gasteiger partial charge in [-0.3, -0.25) is 14.5 Å². The minimum Gasteiger partial charge on any atom is -0.365 e. The first-order valence-corrected chi connectivity index (χ1v) is 7.24. The number of imide groups is 1. The SMILES string of the molecule is Cc1cccc2c3c(nc(NC(C)(C)C)c12)C(=O)N(C)C3=O. The van der Waals surface area contributed by atoms with E-state index in [-0.39, 0.29) is 23.0 Å². The molecule has 0 saturated heterocycles. The smallest absolute Gasteiger partial charge is 0.280 e. The molecular formula is C17H19N3O2. The monoisotopic (exact) mass is 297 g/mol. The number of carbonyl (C=O) groups is 2. The van der Waals surface area contributed by atoms with E-state index in [1.165, 1.54) is 7.05 Å². The van der Waals surface area contributed by atoms with Crippen LogP contribution in [0.1, 0.15) is 47.2 Å². The maximum absolute atomic E-state index is 12.4. The number of aryl methyl sites for hydroxylation is 1. The molecule has 0 atom stereocenters. The number of rotatable bonds is 1. The molecule has 5 nitrogen and oxygen atoms in total. The molecule has 1 aromatic heterocycles. The summed E-state index contributed by atoms with van der Waals surface area (Å²) in [5.74, 6) is 0.0153. The van der Waals surface area contributed by atoms with Crippen LogP contribution in [-0.4, -0.2) is 34.3 Å². The summed E-state index contributed by atoms with van der Waals surface area (Å²) in [5, 5.41) is 5.02. The van der Waals surface area contributed by atoms with Gasteiger partial charge in [-0.2, -0.15) is 0 Å². The van der Waals surface area contributed by atoms with E-state index in [9.17, 15) is 9.59 Å². The molecule has 2 heterocycles. The Morgan fingerprint density at radius 3 is 2.45 bits per heavy atom. The average Bonchev–Trinajstić information content (AvgIpc) is 2.62. The van der Waals surface area contributed by atoms with E-state index in [0.717, 1.165) is 21.2 Å². The van der Waals surface area contributed by atoms with Crippen LogP contribution in [0, 0.1) is 6.92 Å². The van der Waals surface area contributed by atoms with E-state index in [1.54, 1.807) is 0 Å². The van der Waals surface area contributed by atoms with Gasteiger partial charge in [0.1, 0.15) is 11.5 Å². The molecule has 0 bridgehead atoms. The summed E-state index contributed by atoms with van der Waals surface area (Å²) in [6.45, 7) is 8.08. The summed E-state index contributed by atoms with van der Waals surface area (Å²) < 4.78 is 0. The van der Waals surface area contributed by atoms with Crippen LogP contribution >= 0.6 is 0 Å². The van der Waals surface area contributed by atoms with Gasteiger partial charge in [-0.1, -0.05) is 18.2 Å². The fourth-order valence-electron chi connectivity index (χ4n) is 2.78. The van der Waals surface area contributed by atoms with Gasteiger partial charge in [-0.15, -0.1) is 0 Å². The number of carbonyl (C=O) groups excluding carboxylic acids is 2. The Morgan fingerprint density at radius 1 is 1.14 bits per heavy atom. The molecule has 5 heteroatoms. The fraction of sp³-hybridized carbons (Fsp3) is 0.353. The van der Waals surface area contributed by atoms with Crippen molar-refractivity contribution in [3.05, 3.63) is 35.0 Å². The molecule has 0 fully saturated rings. The third-order valence-electron chi connectivity index (χ3n) is 3.76. The lowest BCUT2D eigenvalue weighted by Crippen LogP contribution is -2.27. The van der Waals surface area contributed by atoms with Crippen LogP contribution in [0.3, 0.4) is 0 Å². The Morgan fingerprint density at radius 2 is 1.82 bits per heavy atom. The molecule has 0 aliphatic carbocycles. The molecule has 1 aliphatic rings. The summed E-state index contributed by atoms with van der Waals surface area (Å²) in [6.07, 6.45) is 0. The molecule has 0 unspecified atom stereocenters. The Labute approximate surface area is 129 Å². The van der Waals surface area contributed by atoms with Crippen molar-refractivity contribution in [2.24, 2.45) is 0 Å². The van der Waals surface area contributed by atoms with Gasteiger partial charge in [-0.25, -0.2) is 4.98 Å². The number of nitrogens with zero attached hydrogens (tertiary/aromatic N) is 2. The lowest BCUT2D eigenvalue weighted by molar-refractivity contribution is 0.0692. The first kappa shape index (κ1) is 14.5. The van der Waals surface area contributed by atoms with Gasteiger partial charge in [0.15, 0.2) is 0 Å². The molecular weight excluding hydrogens is 278 g/mol. The first-order chi connectivity index (χ1) is 10.2. The summed E-state index contributed by atoms with van der Waals surface area (Å²) in [7, 11) is 1.49. The number of hydrogen-bond acceptors (Lipinski definition) is 4. The normalized spacial score (nSPS) is 14.7. The molecule has 1 aliphatic heterocycles. The highest BCUT2D eigenvalue weighted by atomic mass is 16.2. The quantitative estimate of drug-likeness (QED) is 0.822. The Hall–Kier alpha value is -2.43. The number of nitrogens with one attached hydrogen (secondary N) is 1. The minimum absolute atomic E-state index is 0.200. The van der Waals surface area contributed by atoms with Gasteiger partial charge in [0.05, 0.1) is 5.56 Å². The molecule has 0 radical (unpaired) electrons. The van der Waals surface area contributed by atoms with E-state index in [2.05, 4.69) is 10.3 Å². The van der Waals surface area contributed by atoms with E-state index < -0.39 is 0 Å². The average molecular weight is 297 g/mol. The number of hydrogen-bond donors (Lipinski definition) is 1. The molecule has 1 N–H and O–H groups in total. The fourth-order valence-corrected chi connectivity index (χ4v) is 2.78. The van der Waals surface area contributed by atoms with Gasteiger partial charge < -0.3 is 5.32 Å². The number of amides is 2. The zero-order valence-electron chi connectivity index (χ0n) is 13.4. The van der Waals surface area contributed by atoms with Gasteiger partial charge in [0.25, 0.3) is 11.8 Å². The molecule has 22 heavy (non-hydrogen) atoms. The second kappa shape index (κ2) is 4.53. The zero-order chi connectivity index (χ0) is 16.2. The third-order valence-corrected chi connectivity index (χ3v) is 3.76. The number of benzene rings is 1. The number of pyridine rings is 1. The minimum atomic E-state index is -0.347. The van der Waals surface area contributed by atoms with E-state index in [4.69, 9.17) is 0 Å².